The molecular weight excluding hydrogens is 416 g/mol. The maximum atomic E-state index is 11.9. The van der Waals surface area contributed by atoms with Crippen LogP contribution in [-0.4, -0.2) is 11.1 Å². The van der Waals surface area contributed by atoms with Crippen LogP contribution in [0.15, 0.2) is 49.1 Å². The molecule has 1 N–H and O–H groups in total. The standard InChI is InChI=1S/C32H56O2/c1-10-11-12-13-14-15-16-17-18-19-20-21-22-23-24-25-26-27-29(2,3)31(6,7)32(8,9)30(4,5)28(33)34/h10-12,19-20,24-25H,1,13-18,21-23,26-27H2,2-9H3,(H,33,34). The molecule has 0 aromatic carbocycles. The van der Waals surface area contributed by atoms with E-state index in [4.69, 9.17) is 0 Å². The Hall–Kier alpha value is -1.57. The van der Waals surface area contributed by atoms with Crippen LogP contribution < -0.4 is 0 Å². The van der Waals surface area contributed by atoms with Gasteiger partial charge in [-0.3, -0.25) is 4.79 Å². The fourth-order valence-corrected chi connectivity index (χ4v) is 4.55. The first kappa shape index (κ1) is 32.4. The van der Waals surface area contributed by atoms with Crippen molar-refractivity contribution < 1.29 is 9.90 Å². The van der Waals surface area contributed by atoms with Gasteiger partial charge in [-0.25, -0.2) is 0 Å². The molecule has 0 aromatic heterocycles. The van der Waals surface area contributed by atoms with Gasteiger partial charge in [-0.05, 0) is 87.9 Å². The van der Waals surface area contributed by atoms with E-state index in [1.807, 2.05) is 26.0 Å². The molecule has 0 amide bonds. The number of carboxylic acid groups (broad SMARTS) is 1. The Kier molecular flexibility index (Phi) is 14.7. The smallest absolute Gasteiger partial charge is 0.309 e. The highest BCUT2D eigenvalue weighted by atomic mass is 16.4. The Labute approximate surface area is 212 Å². The second-order valence-electron chi connectivity index (χ2n) is 12.1. The molecule has 0 saturated carbocycles. The van der Waals surface area contributed by atoms with Gasteiger partial charge in [0.15, 0.2) is 0 Å². The van der Waals surface area contributed by atoms with Crippen LogP contribution in [-0.2, 0) is 4.79 Å². The summed E-state index contributed by atoms with van der Waals surface area (Å²) in [5.41, 5.74) is -1.25. The zero-order chi connectivity index (χ0) is 26.3. The van der Waals surface area contributed by atoms with Crippen molar-refractivity contribution in [2.45, 2.75) is 126 Å². The lowest BCUT2D eigenvalue weighted by atomic mass is 9.46. The summed E-state index contributed by atoms with van der Waals surface area (Å²) in [6.07, 6.45) is 28.6. The maximum Gasteiger partial charge on any atom is 0.309 e. The number of allylic oxidation sites excluding steroid dienone is 7. The monoisotopic (exact) mass is 472 g/mol. The summed E-state index contributed by atoms with van der Waals surface area (Å²) in [4.78, 5) is 11.9. The molecule has 0 fully saturated rings. The molecule has 0 aliphatic rings. The summed E-state index contributed by atoms with van der Waals surface area (Å²) in [5, 5.41) is 9.82. The number of carbonyl (C=O) groups is 1. The molecule has 196 valence electrons. The van der Waals surface area contributed by atoms with Crippen LogP contribution in [0.3, 0.4) is 0 Å². The molecule has 0 atom stereocenters. The van der Waals surface area contributed by atoms with Crippen molar-refractivity contribution in [2.24, 2.45) is 21.7 Å². The first-order valence-corrected chi connectivity index (χ1v) is 13.6. The lowest BCUT2D eigenvalue weighted by Crippen LogP contribution is -2.54. The van der Waals surface area contributed by atoms with Crippen molar-refractivity contribution >= 4 is 5.97 Å². The highest BCUT2D eigenvalue weighted by Crippen LogP contribution is 2.60. The van der Waals surface area contributed by atoms with Gasteiger partial charge in [-0.15, -0.1) is 0 Å². The largest absolute Gasteiger partial charge is 0.481 e. The lowest BCUT2D eigenvalue weighted by Gasteiger charge is -2.57. The van der Waals surface area contributed by atoms with Crippen molar-refractivity contribution in [1.29, 1.82) is 0 Å². The predicted molar refractivity (Wildman–Crippen MR) is 151 cm³/mol. The number of carboxylic acids is 1. The Bertz CT molecular complexity index is 671. The van der Waals surface area contributed by atoms with Gasteiger partial charge in [0, 0.05) is 0 Å². The molecule has 2 heteroatoms. The Morgan fingerprint density at radius 3 is 1.56 bits per heavy atom. The molecule has 0 heterocycles. The van der Waals surface area contributed by atoms with E-state index < -0.39 is 11.4 Å². The lowest BCUT2D eigenvalue weighted by molar-refractivity contribution is -0.168. The van der Waals surface area contributed by atoms with Gasteiger partial charge in [0.25, 0.3) is 0 Å². The minimum absolute atomic E-state index is 0.0264. The second-order valence-corrected chi connectivity index (χ2v) is 12.1. The fraction of sp³-hybridized carbons (Fsp3) is 0.719. The molecule has 0 rings (SSSR count). The zero-order valence-corrected chi connectivity index (χ0v) is 23.9. The molecule has 0 saturated heterocycles. The summed E-state index contributed by atoms with van der Waals surface area (Å²) < 4.78 is 0. The maximum absolute atomic E-state index is 11.9. The van der Waals surface area contributed by atoms with Crippen LogP contribution in [0.4, 0.5) is 0 Å². The number of hydrogen-bond acceptors (Lipinski definition) is 1. The number of rotatable bonds is 19. The molecule has 0 radical (unpaired) electrons. The summed E-state index contributed by atoms with van der Waals surface area (Å²) in [6.45, 7) is 20.8. The summed E-state index contributed by atoms with van der Waals surface area (Å²) in [5.74, 6) is -0.720. The van der Waals surface area contributed by atoms with Crippen molar-refractivity contribution in [2.75, 3.05) is 0 Å². The van der Waals surface area contributed by atoms with E-state index in [1.165, 1.54) is 44.9 Å². The Morgan fingerprint density at radius 1 is 0.647 bits per heavy atom. The van der Waals surface area contributed by atoms with Crippen LogP contribution in [0.2, 0.25) is 0 Å². The highest BCUT2D eigenvalue weighted by Gasteiger charge is 2.56. The summed E-state index contributed by atoms with van der Waals surface area (Å²) >= 11 is 0. The van der Waals surface area contributed by atoms with Gasteiger partial charge in [0.1, 0.15) is 0 Å². The minimum atomic E-state index is -0.792. The summed E-state index contributed by atoms with van der Waals surface area (Å²) in [7, 11) is 0. The van der Waals surface area contributed by atoms with Crippen molar-refractivity contribution in [1.82, 2.24) is 0 Å². The number of unbranched alkanes of at least 4 members (excludes halogenated alkanes) is 7. The van der Waals surface area contributed by atoms with Crippen molar-refractivity contribution in [3.8, 4) is 0 Å². The molecule has 34 heavy (non-hydrogen) atoms. The van der Waals surface area contributed by atoms with Crippen molar-refractivity contribution in [3.63, 3.8) is 0 Å². The minimum Gasteiger partial charge on any atom is -0.481 e. The van der Waals surface area contributed by atoms with Crippen LogP contribution in [0, 0.1) is 21.7 Å². The van der Waals surface area contributed by atoms with Crippen LogP contribution in [0.1, 0.15) is 126 Å². The molecule has 0 aliphatic heterocycles. The van der Waals surface area contributed by atoms with Gasteiger partial charge < -0.3 is 5.11 Å². The molecule has 0 unspecified atom stereocenters. The van der Waals surface area contributed by atoms with Gasteiger partial charge in [0.2, 0.25) is 0 Å². The number of hydrogen-bond donors (Lipinski definition) is 1. The van der Waals surface area contributed by atoms with Crippen LogP contribution in [0.25, 0.3) is 0 Å². The van der Waals surface area contributed by atoms with Crippen LogP contribution >= 0.6 is 0 Å². The van der Waals surface area contributed by atoms with E-state index in [9.17, 15) is 9.90 Å². The Morgan fingerprint density at radius 2 is 1.09 bits per heavy atom. The molecule has 0 aromatic rings. The van der Waals surface area contributed by atoms with Crippen LogP contribution in [0.5, 0.6) is 0 Å². The number of aliphatic carboxylic acids is 1. The predicted octanol–water partition coefficient (Wildman–Crippen LogP) is 10.3. The average Bonchev–Trinajstić information content (AvgIpc) is 2.75. The topological polar surface area (TPSA) is 37.3 Å². The third-order valence-electron chi connectivity index (χ3n) is 9.13. The van der Waals surface area contributed by atoms with E-state index in [-0.39, 0.29) is 16.2 Å². The van der Waals surface area contributed by atoms with Gasteiger partial charge in [-0.2, -0.15) is 0 Å². The summed E-state index contributed by atoms with van der Waals surface area (Å²) in [6, 6.07) is 0. The first-order chi connectivity index (χ1) is 15.8. The normalized spacial score (nSPS) is 14.0. The van der Waals surface area contributed by atoms with E-state index in [2.05, 4.69) is 78.5 Å². The van der Waals surface area contributed by atoms with E-state index >= 15 is 0 Å². The first-order valence-electron chi connectivity index (χ1n) is 13.6. The third-order valence-corrected chi connectivity index (χ3v) is 9.13. The zero-order valence-electron chi connectivity index (χ0n) is 23.9. The highest BCUT2D eigenvalue weighted by molar-refractivity contribution is 5.74. The SMILES string of the molecule is C=CC=CCCCCCCC=CCCCC=CCCC(C)(C)C(C)(C)C(C)(C)C(C)(C)C(=O)O. The van der Waals surface area contributed by atoms with Gasteiger partial charge in [0.05, 0.1) is 5.41 Å². The third kappa shape index (κ3) is 9.96. The van der Waals surface area contributed by atoms with E-state index in [0.29, 0.717) is 0 Å². The molecule has 2 nitrogen and oxygen atoms in total. The van der Waals surface area contributed by atoms with Crippen molar-refractivity contribution in [3.05, 3.63) is 49.1 Å². The molecular formula is C32H56O2. The van der Waals surface area contributed by atoms with E-state index in [1.54, 1.807) is 0 Å². The fourth-order valence-electron chi connectivity index (χ4n) is 4.55. The Balaban J connectivity index is 4.20. The van der Waals surface area contributed by atoms with E-state index in [0.717, 1.165) is 25.7 Å². The average molecular weight is 473 g/mol. The second kappa shape index (κ2) is 15.4. The molecule has 0 aliphatic carbocycles. The quantitative estimate of drug-likeness (QED) is 0.115. The van der Waals surface area contributed by atoms with Gasteiger partial charge >= 0.3 is 5.97 Å². The molecule has 0 bridgehead atoms. The van der Waals surface area contributed by atoms with Gasteiger partial charge in [-0.1, -0.05) is 103 Å². The molecule has 0 spiro atoms.